The Labute approximate surface area is 210 Å². The first-order valence-corrected chi connectivity index (χ1v) is 13.6. The zero-order valence-corrected chi connectivity index (χ0v) is 21.7. The number of halogens is 1. The molecule has 3 aromatic rings. The maximum Gasteiger partial charge on any atom is 0.297 e. The zero-order valence-electron chi connectivity index (χ0n) is 20.9. The van der Waals surface area contributed by atoms with Gasteiger partial charge in [0.1, 0.15) is 0 Å². The number of ether oxygens (including phenoxy) is 1. The fraction of sp³-hybridized carbons (Fsp3) is 0.556. The Morgan fingerprint density at radius 1 is 1.20 bits per heavy atom. The summed E-state index contributed by atoms with van der Waals surface area (Å²) in [5, 5.41) is 4.20. The van der Waals surface area contributed by atoms with Crippen molar-refractivity contribution in [2.75, 3.05) is 26.2 Å². The molecule has 0 spiro atoms. The number of hydrogen-bond acceptors (Lipinski definition) is 5. The van der Waals surface area contributed by atoms with Crippen molar-refractivity contribution in [2.45, 2.75) is 70.8 Å². The first-order valence-electron chi connectivity index (χ1n) is 12.7. The van der Waals surface area contributed by atoms with Crippen molar-refractivity contribution in [1.29, 1.82) is 0 Å². The predicted octanol–water partition coefficient (Wildman–Crippen LogP) is 5.36. The first-order chi connectivity index (χ1) is 16.8. The number of alkyl halides is 1. The number of carbonyl (C=O) groups excluding carboxylic acids is 1. The fourth-order valence-electron chi connectivity index (χ4n) is 5.36. The van der Waals surface area contributed by atoms with Gasteiger partial charge in [-0.2, -0.15) is 16.3 Å². The van der Waals surface area contributed by atoms with Crippen molar-refractivity contribution in [2.24, 2.45) is 0 Å². The van der Waals surface area contributed by atoms with Crippen LogP contribution in [0.4, 0.5) is 4.39 Å². The van der Waals surface area contributed by atoms with Crippen LogP contribution >= 0.6 is 11.3 Å². The van der Waals surface area contributed by atoms with E-state index < -0.39 is 5.67 Å². The molecule has 2 aromatic heterocycles. The van der Waals surface area contributed by atoms with Crippen LogP contribution in [0.5, 0.6) is 6.01 Å². The summed E-state index contributed by atoms with van der Waals surface area (Å²) in [4.78, 5) is 22.0. The molecule has 0 radical (unpaired) electrons. The van der Waals surface area contributed by atoms with Crippen molar-refractivity contribution in [3.05, 3.63) is 46.2 Å². The van der Waals surface area contributed by atoms with Gasteiger partial charge in [-0.1, -0.05) is 6.07 Å². The van der Waals surface area contributed by atoms with Gasteiger partial charge in [0.2, 0.25) is 0 Å². The molecule has 188 valence electrons. The summed E-state index contributed by atoms with van der Waals surface area (Å²) >= 11 is 1.68. The van der Waals surface area contributed by atoms with Crippen molar-refractivity contribution in [3.63, 3.8) is 0 Å². The number of amides is 1. The number of piperidine rings is 2. The molecule has 6 nitrogen and oxygen atoms in total. The van der Waals surface area contributed by atoms with E-state index in [0.717, 1.165) is 36.0 Å². The standard InChI is InChI=1S/C27H35FN4O2S/c1-19(2)34-26-29-23-16-20(3)4-5-24(23)32(26)22-6-11-31(12-7-22)25(33)27(28)9-13-30(14-10-27)17-21-8-15-35-18-21/h4-5,8,15-16,18-19,22H,6-7,9-14,17H2,1-3H3. The van der Waals surface area contributed by atoms with E-state index in [1.807, 2.05) is 13.8 Å². The van der Waals surface area contributed by atoms with Gasteiger partial charge in [0.25, 0.3) is 11.9 Å². The molecule has 0 bridgehead atoms. The molecule has 2 fully saturated rings. The van der Waals surface area contributed by atoms with Crippen LogP contribution < -0.4 is 4.74 Å². The second-order valence-electron chi connectivity index (χ2n) is 10.3. The van der Waals surface area contributed by atoms with Gasteiger partial charge < -0.3 is 9.64 Å². The lowest BCUT2D eigenvalue weighted by Crippen LogP contribution is -2.53. The number of aromatic nitrogens is 2. The molecule has 4 heterocycles. The van der Waals surface area contributed by atoms with E-state index in [0.29, 0.717) is 32.2 Å². The Balaban J connectivity index is 1.23. The van der Waals surface area contributed by atoms with Crippen molar-refractivity contribution in [3.8, 4) is 6.01 Å². The SMILES string of the molecule is Cc1ccc2c(c1)nc(OC(C)C)n2C1CCN(C(=O)C2(F)CCN(Cc3ccsc3)CC2)CC1. The number of thiophene rings is 1. The third-order valence-corrected chi connectivity index (χ3v) is 8.02. The molecule has 8 heteroatoms. The van der Waals surface area contributed by atoms with Gasteiger partial charge in [-0.05, 0) is 73.7 Å². The first kappa shape index (κ1) is 24.3. The second kappa shape index (κ2) is 9.90. The van der Waals surface area contributed by atoms with Gasteiger partial charge in [-0.15, -0.1) is 0 Å². The number of fused-ring (bicyclic) bond motifs is 1. The molecule has 0 N–H and O–H groups in total. The molecule has 2 aliphatic heterocycles. The molecule has 2 saturated heterocycles. The second-order valence-corrected chi connectivity index (χ2v) is 11.1. The van der Waals surface area contributed by atoms with E-state index in [1.54, 1.807) is 16.2 Å². The highest BCUT2D eigenvalue weighted by Gasteiger charge is 2.45. The van der Waals surface area contributed by atoms with Gasteiger partial charge in [-0.25, -0.2) is 4.39 Å². The Morgan fingerprint density at radius 2 is 1.94 bits per heavy atom. The predicted molar refractivity (Wildman–Crippen MR) is 138 cm³/mol. The normalized spacial score (nSPS) is 19.5. The van der Waals surface area contributed by atoms with Crippen LogP contribution in [0.2, 0.25) is 0 Å². The summed E-state index contributed by atoms with van der Waals surface area (Å²) in [6.45, 7) is 9.24. The molecule has 0 saturated carbocycles. The van der Waals surface area contributed by atoms with Crippen LogP contribution in [-0.4, -0.2) is 63.2 Å². The highest BCUT2D eigenvalue weighted by atomic mass is 32.1. The minimum absolute atomic E-state index is 0.0188. The summed E-state index contributed by atoms with van der Waals surface area (Å²) in [6.07, 6.45) is 2.09. The monoisotopic (exact) mass is 498 g/mol. The lowest BCUT2D eigenvalue weighted by molar-refractivity contribution is -0.148. The molecule has 35 heavy (non-hydrogen) atoms. The number of rotatable bonds is 6. The maximum absolute atomic E-state index is 15.8. The van der Waals surface area contributed by atoms with Crippen LogP contribution in [0.15, 0.2) is 35.0 Å². The highest BCUT2D eigenvalue weighted by Crippen LogP contribution is 2.35. The number of hydrogen-bond donors (Lipinski definition) is 0. The molecule has 1 aromatic carbocycles. The van der Waals surface area contributed by atoms with E-state index in [2.05, 4.69) is 51.4 Å². The molecular weight excluding hydrogens is 463 g/mol. The van der Waals surface area contributed by atoms with Gasteiger partial charge >= 0.3 is 0 Å². The third kappa shape index (κ3) is 5.09. The number of imidazole rings is 1. The van der Waals surface area contributed by atoms with Crippen LogP contribution in [0.1, 0.15) is 56.7 Å². The van der Waals surface area contributed by atoms with E-state index in [9.17, 15) is 4.79 Å². The smallest absolute Gasteiger partial charge is 0.297 e. The molecular formula is C27H35FN4O2S. The summed E-state index contributed by atoms with van der Waals surface area (Å²) in [6, 6.07) is 9.18. The summed E-state index contributed by atoms with van der Waals surface area (Å²) in [5.41, 5.74) is 2.65. The largest absolute Gasteiger partial charge is 0.462 e. The Morgan fingerprint density at radius 3 is 2.60 bits per heavy atom. The van der Waals surface area contributed by atoms with Crippen molar-refractivity contribution >= 4 is 28.3 Å². The lowest BCUT2D eigenvalue weighted by Gasteiger charge is -2.40. The van der Waals surface area contributed by atoms with Crippen LogP contribution in [0.25, 0.3) is 11.0 Å². The third-order valence-electron chi connectivity index (χ3n) is 7.29. The highest BCUT2D eigenvalue weighted by molar-refractivity contribution is 7.07. The van der Waals surface area contributed by atoms with Crippen LogP contribution in [0, 0.1) is 6.92 Å². The molecule has 0 atom stereocenters. The molecule has 0 aliphatic carbocycles. The Hall–Kier alpha value is -2.45. The van der Waals surface area contributed by atoms with Gasteiger partial charge in [0, 0.05) is 51.6 Å². The van der Waals surface area contributed by atoms with E-state index in [-0.39, 0.29) is 30.9 Å². The van der Waals surface area contributed by atoms with Gasteiger partial charge in [-0.3, -0.25) is 14.3 Å². The zero-order chi connectivity index (χ0) is 24.6. The minimum Gasteiger partial charge on any atom is -0.462 e. The molecule has 5 rings (SSSR count). The summed E-state index contributed by atoms with van der Waals surface area (Å²) < 4.78 is 24.0. The number of aryl methyl sites for hydroxylation is 1. The Kier molecular flexibility index (Phi) is 6.86. The quantitative estimate of drug-likeness (QED) is 0.459. The van der Waals surface area contributed by atoms with E-state index in [4.69, 9.17) is 9.72 Å². The van der Waals surface area contributed by atoms with Gasteiger partial charge in [0.05, 0.1) is 17.1 Å². The average Bonchev–Trinajstić information content (AvgIpc) is 3.47. The van der Waals surface area contributed by atoms with Crippen molar-refractivity contribution in [1.82, 2.24) is 19.4 Å². The van der Waals surface area contributed by atoms with Crippen LogP contribution in [0.3, 0.4) is 0 Å². The average molecular weight is 499 g/mol. The molecule has 2 aliphatic rings. The minimum atomic E-state index is -1.75. The number of carbonyl (C=O) groups is 1. The molecule has 0 unspecified atom stereocenters. The van der Waals surface area contributed by atoms with Crippen molar-refractivity contribution < 1.29 is 13.9 Å². The lowest BCUT2D eigenvalue weighted by atomic mass is 9.90. The topological polar surface area (TPSA) is 50.6 Å². The Bertz CT molecular complexity index is 1160. The van der Waals surface area contributed by atoms with E-state index in [1.165, 1.54) is 5.56 Å². The summed E-state index contributed by atoms with van der Waals surface area (Å²) in [5.74, 6) is -0.323. The number of benzene rings is 1. The van der Waals surface area contributed by atoms with E-state index >= 15 is 4.39 Å². The number of nitrogens with zero attached hydrogens (tertiary/aromatic N) is 4. The number of likely N-dealkylation sites (tertiary alicyclic amines) is 2. The maximum atomic E-state index is 15.8. The summed E-state index contributed by atoms with van der Waals surface area (Å²) in [7, 11) is 0. The van der Waals surface area contributed by atoms with Gasteiger partial charge in [0.15, 0.2) is 5.67 Å². The molecule has 1 amide bonds. The fourth-order valence-corrected chi connectivity index (χ4v) is 6.02. The van der Waals surface area contributed by atoms with Crippen LogP contribution in [-0.2, 0) is 11.3 Å².